The van der Waals surface area contributed by atoms with Gasteiger partial charge < -0.3 is 0 Å². The number of ketones is 1. The molecule has 1 N–H and O–H groups in total. The maximum absolute atomic E-state index is 11.7. The Kier molecular flexibility index (Phi) is 3.64. The highest BCUT2D eigenvalue weighted by Crippen LogP contribution is 2.20. The average Bonchev–Trinajstić information content (AvgIpc) is 2.51. The van der Waals surface area contributed by atoms with Crippen LogP contribution in [0.3, 0.4) is 0 Å². The molecule has 0 fully saturated rings. The Morgan fingerprint density at radius 2 is 2.07 bits per heavy atom. The van der Waals surface area contributed by atoms with Gasteiger partial charge in [0.25, 0.3) is 10.0 Å². The largest absolute Gasteiger partial charge is 0.298 e. The average molecular weight is 247 g/mol. The van der Waals surface area contributed by atoms with Crippen molar-refractivity contribution in [3.63, 3.8) is 0 Å². The molecule has 15 heavy (non-hydrogen) atoms. The van der Waals surface area contributed by atoms with Crippen LogP contribution in [0.2, 0.25) is 0 Å². The van der Waals surface area contributed by atoms with E-state index in [0.29, 0.717) is 0 Å². The van der Waals surface area contributed by atoms with Crippen molar-refractivity contribution in [2.24, 2.45) is 0 Å². The zero-order chi connectivity index (χ0) is 11.6. The Balaban J connectivity index is 2.90. The second-order valence-corrected chi connectivity index (χ2v) is 6.55. The van der Waals surface area contributed by atoms with Crippen LogP contribution in [0.5, 0.6) is 0 Å². The van der Waals surface area contributed by atoms with Crippen LogP contribution >= 0.6 is 11.3 Å². The van der Waals surface area contributed by atoms with Gasteiger partial charge in [0.1, 0.15) is 9.99 Å². The minimum Gasteiger partial charge on any atom is -0.298 e. The molecule has 1 aromatic heterocycles. The highest BCUT2D eigenvalue weighted by molar-refractivity contribution is 7.91. The first-order valence-corrected chi connectivity index (χ1v) is 6.72. The van der Waals surface area contributed by atoms with E-state index in [4.69, 9.17) is 0 Å². The molecule has 84 valence electrons. The van der Waals surface area contributed by atoms with E-state index in [9.17, 15) is 13.2 Å². The second kappa shape index (κ2) is 4.42. The zero-order valence-electron chi connectivity index (χ0n) is 8.77. The fourth-order valence-corrected chi connectivity index (χ4v) is 3.49. The van der Waals surface area contributed by atoms with E-state index in [1.807, 2.05) is 6.92 Å². The van der Waals surface area contributed by atoms with Gasteiger partial charge in [-0.1, -0.05) is 0 Å². The van der Waals surface area contributed by atoms with Crippen LogP contribution in [-0.4, -0.2) is 20.2 Å². The van der Waals surface area contributed by atoms with Gasteiger partial charge in [-0.25, -0.2) is 13.1 Å². The second-order valence-electron chi connectivity index (χ2n) is 3.32. The summed E-state index contributed by atoms with van der Waals surface area (Å²) in [5, 5.41) is 0. The minimum absolute atomic E-state index is 0.202. The third-order valence-corrected chi connectivity index (χ3v) is 4.96. The molecule has 0 spiro atoms. The Bertz CT molecular complexity index is 461. The SMILES string of the molecule is CC(=O)C(C)NS(=O)(=O)c1ccc(C)s1. The van der Waals surface area contributed by atoms with Crippen LogP contribution in [0.1, 0.15) is 18.7 Å². The molecular weight excluding hydrogens is 234 g/mol. The summed E-state index contributed by atoms with van der Waals surface area (Å²) in [6, 6.07) is 2.59. The molecule has 1 rings (SSSR count). The lowest BCUT2D eigenvalue weighted by Gasteiger charge is -2.09. The lowest BCUT2D eigenvalue weighted by atomic mass is 10.3. The summed E-state index contributed by atoms with van der Waals surface area (Å²) in [4.78, 5) is 11.9. The normalized spacial score (nSPS) is 13.8. The summed E-state index contributed by atoms with van der Waals surface area (Å²) < 4.78 is 26.0. The maximum Gasteiger partial charge on any atom is 0.250 e. The molecule has 0 aliphatic rings. The first kappa shape index (κ1) is 12.4. The summed E-state index contributed by atoms with van der Waals surface area (Å²) in [5.41, 5.74) is 0. The third kappa shape index (κ3) is 3.12. The standard InChI is InChI=1S/C9H13NO3S2/c1-6-4-5-9(14-6)15(12,13)10-7(2)8(3)11/h4-5,7,10H,1-3H3. The van der Waals surface area contributed by atoms with E-state index in [1.54, 1.807) is 6.07 Å². The predicted molar refractivity (Wildman–Crippen MR) is 59.5 cm³/mol. The van der Waals surface area contributed by atoms with Crippen molar-refractivity contribution in [3.05, 3.63) is 17.0 Å². The van der Waals surface area contributed by atoms with E-state index >= 15 is 0 Å². The van der Waals surface area contributed by atoms with Crippen LogP contribution in [0.15, 0.2) is 16.3 Å². The maximum atomic E-state index is 11.7. The van der Waals surface area contributed by atoms with Gasteiger partial charge >= 0.3 is 0 Å². The lowest BCUT2D eigenvalue weighted by molar-refractivity contribution is -0.118. The van der Waals surface area contributed by atoms with Gasteiger partial charge in [0.05, 0.1) is 6.04 Å². The van der Waals surface area contributed by atoms with Gasteiger partial charge in [0, 0.05) is 4.88 Å². The molecular formula is C9H13NO3S2. The van der Waals surface area contributed by atoms with Crippen LogP contribution in [0.25, 0.3) is 0 Å². The zero-order valence-corrected chi connectivity index (χ0v) is 10.4. The van der Waals surface area contributed by atoms with Crippen LogP contribution in [0.4, 0.5) is 0 Å². The fraction of sp³-hybridized carbons (Fsp3) is 0.444. The molecule has 0 bridgehead atoms. The number of sulfonamides is 1. The van der Waals surface area contributed by atoms with Gasteiger partial charge in [-0.15, -0.1) is 11.3 Å². The number of thiophene rings is 1. The van der Waals surface area contributed by atoms with Crippen molar-refractivity contribution in [2.75, 3.05) is 0 Å². The van der Waals surface area contributed by atoms with Crippen molar-refractivity contribution in [1.82, 2.24) is 4.72 Å². The first-order chi connectivity index (χ1) is 6.83. The van der Waals surface area contributed by atoms with Gasteiger partial charge in [-0.2, -0.15) is 0 Å². The quantitative estimate of drug-likeness (QED) is 0.872. The number of aryl methyl sites for hydroxylation is 1. The molecule has 1 heterocycles. The van der Waals surface area contributed by atoms with Gasteiger partial charge in [0.2, 0.25) is 0 Å². The molecule has 0 aliphatic carbocycles. The Morgan fingerprint density at radius 1 is 1.47 bits per heavy atom. The highest BCUT2D eigenvalue weighted by Gasteiger charge is 2.20. The third-order valence-electron chi connectivity index (χ3n) is 1.92. The summed E-state index contributed by atoms with van der Waals surface area (Å²) in [7, 11) is -3.54. The molecule has 0 saturated carbocycles. The number of rotatable bonds is 4. The lowest BCUT2D eigenvalue weighted by Crippen LogP contribution is -2.36. The van der Waals surface area contributed by atoms with E-state index < -0.39 is 16.1 Å². The molecule has 6 heteroatoms. The molecule has 0 amide bonds. The number of hydrogen-bond donors (Lipinski definition) is 1. The summed E-state index contributed by atoms with van der Waals surface area (Å²) in [5.74, 6) is -0.202. The topological polar surface area (TPSA) is 63.2 Å². The molecule has 0 saturated heterocycles. The van der Waals surface area contributed by atoms with Crippen molar-refractivity contribution in [1.29, 1.82) is 0 Å². The van der Waals surface area contributed by atoms with Crippen LogP contribution in [0, 0.1) is 6.92 Å². The van der Waals surface area contributed by atoms with Crippen molar-refractivity contribution < 1.29 is 13.2 Å². The van der Waals surface area contributed by atoms with Crippen molar-refractivity contribution in [3.8, 4) is 0 Å². The van der Waals surface area contributed by atoms with Gasteiger partial charge in [-0.05, 0) is 32.9 Å². The Morgan fingerprint density at radius 3 is 2.47 bits per heavy atom. The number of hydrogen-bond acceptors (Lipinski definition) is 4. The van der Waals surface area contributed by atoms with Gasteiger partial charge in [0.15, 0.2) is 0 Å². The number of carbonyl (C=O) groups excluding carboxylic acids is 1. The molecule has 0 radical (unpaired) electrons. The summed E-state index contributed by atoms with van der Waals surface area (Å²) in [6.07, 6.45) is 0. The summed E-state index contributed by atoms with van der Waals surface area (Å²) in [6.45, 7) is 4.71. The molecule has 0 aliphatic heterocycles. The smallest absolute Gasteiger partial charge is 0.250 e. The summed E-state index contributed by atoms with van der Waals surface area (Å²) >= 11 is 1.19. The molecule has 4 nitrogen and oxygen atoms in total. The Labute approximate surface area is 93.4 Å². The monoisotopic (exact) mass is 247 g/mol. The molecule has 1 atom stereocenters. The van der Waals surface area contributed by atoms with Crippen molar-refractivity contribution in [2.45, 2.75) is 31.0 Å². The van der Waals surface area contributed by atoms with E-state index in [2.05, 4.69) is 4.72 Å². The first-order valence-electron chi connectivity index (χ1n) is 4.42. The van der Waals surface area contributed by atoms with E-state index in [-0.39, 0.29) is 9.99 Å². The predicted octanol–water partition coefficient (Wildman–Crippen LogP) is 1.31. The Hall–Kier alpha value is -0.720. The minimum atomic E-state index is -3.54. The number of Topliss-reactive ketones (excluding diaryl/α,β-unsaturated/α-hetero) is 1. The van der Waals surface area contributed by atoms with E-state index in [1.165, 1.54) is 31.3 Å². The fourth-order valence-electron chi connectivity index (χ4n) is 0.930. The van der Waals surface area contributed by atoms with Crippen LogP contribution in [-0.2, 0) is 14.8 Å². The van der Waals surface area contributed by atoms with Crippen molar-refractivity contribution >= 4 is 27.1 Å². The van der Waals surface area contributed by atoms with Gasteiger partial charge in [-0.3, -0.25) is 4.79 Å². The highest BCUT2D eigenvalue weighted by atomic mass is 32.2. The number of nitrogens with one attached hydrogen (secondary N) is 1. The number of carbonyl (C=O) groups is 1. The van der Waals surface area contributed by atoms with Crippen LogP contribution < -0.4 is 4.72 Å². The van der Waals surface area contributed by atoms with E-state index in [0.717, 1.165) is 4.88 Å². The molecule has 1 unspecified atom stereocenters. The molecule has 1 aromatic rings. The molecule has 0 aromatic carbocycles.